The van der Waals surface area contributed by atoms with E-state index in [4.69, 9.17) is 5.26 Å². The maximum atomic E-state index is 12.5. The number of hydrogen-bond acceptors (Lipinski definition) is 8. The molecule has 2 atom stereocenters. The molecule has 0 radical (unpaired) electrons. The molecule has 0 bridgehead atoms. The van der Waals surface area contributed by atoms with E-state index in [2.05, 4.69) is 58.3 Å². The molecule has 1 N–H and O–H groups in total. The molecule has 1 aromatic rings. The molecule has 1 aliphatic rings. The third kappa shape index (κ3) is 17.3. The average molecular weight is 592 g/mol. The number of amides is 2. The van der Waals surface area contributed by atoms with Crippen LogP contribution in [0.25, 0.3) is 0 Å². The second-order valence-electron chi connectivity index (χ2n) is 10.8. The second kappa shape index (κ2) is 22.3. The predicted octanol–water partition coefficient (Wildman–Crippen LogP) is 3.43. The first-order valence-corrected chi connectivity index (χ1v) is 16.0. The highest BCUT2D eigenvalue weighted by atomic mass is 32.2. The van der Waals surface area contributed by atoms with Crippen molar-refractivity contribution in [3.05, 3.63) is 29.8 Å². The van der Waals surface area contributed by atoms with Crippen LogP contribution in [-0.2, 0) is 16.0 Å². The van der Waals surface area contributed by atoms with E-state index in [-0.39, 0.29) is 23.1 Å². The Balaban J connectivity index is 0.000000949. The van der Waals surface area contributed by atoms with Crippen molar-refractivity contribution in [3.8, 4) is 6.07 Å². The lowest BCUT2D eigenvalue weighted by molar-refractivity contribution is -0.129. The Morgan fingerprint density at radius 3 is 2.02 bits per heavy atom. The summed E-state index contributed by atoms with van der Waals surface area (Å²) in [6.45, 7) is 15.8. The molecule has 0 spiro atoms. The van der Waals surface area contributed by atoms with Crippen LogP contribution in [-0.4, -0.2) is 141 Å². The van der Waals surface area contributed by atoms with Gasteiger partial charge in [-0.3, -0.25) is 9.59 Å². The minimum atomic E-state index is -0.0770. The fraction of sp³-hybridized carbons (Fsp3) is 0.710. The summed E-state index contributed by atoms with van der Waals surface area (Å²) in [4.78, 5) is 33.7. The quantitative estimate of drug-likeness (QED) is 0.396. The van der Waals surface area contributed by atoms with E-state index in [1.165, 1.54) is 31.7 Å². The van der Waals surface area contributed by atoms with Crippen molar-refractivity contribution in [1.29, 1.82) is 5.26 Å². The number of likely N-dealkylation sites (N-methyl/N-ethyl adjacent to an activating group) is 3. The van der Waals surface area contributed by atoms with E-state index in [1.54, 1.807) is 28.5 Å². The molecule has 1 fully saturated rings. The fourth-order valence-corrected chi connectivity index (χ4v) is 4.72. The van der Waals surface area contributed by atoms with Gasteiger partial charge in [-0.05, 0) is 65.4 Å². The molecular weight excluding hydrogens is 534 g/mol. The smallest absolute Gasteiger partial charge is 0.237 e. The summed E-state index contributed by atoms with van der Waals surface area (Å²) in [7, 11) is 9.86. The molecule has 0 aromatic heterocycles. The predicted molar refractivity (Wildman–Crippen MR) is 176 cm³/mol. The largest absolute Gasteiger partial charge is 0.381 e. The third-order valence-corrected chi connectivity index (χ3v) is 8.16. The Kier molecular flexibility index (Phi) is 21.0. The number of carbonyl (C=O) groups excluding carboxylic acids is 2. The van der Waals surface area contributed by atoms with Gasteiger partial charge < -0.3 is 29.8 Å². The monoisotopic (exact) mass is 591 g/mol. The molecule has 0 saturated carbocycles. The number of nitriles is 1. The van der Waals surface area contributed by atoms with Gasteiger partial charge in [0, 0.05) is 91.5 Å². The average Bonchev–Trinajstić information content (AvgIpc) is 2.96. The summed E-state index contributed by atoms with van der Waals surface area (Å²) in [5.41, 5.74) is 2.45. The lowest BCUT2D eigenvalue weighted by Gasteiger charge is -2.32. The molecule has 1 saturated heterocycles. The molecule has 41 heavy (non-hydrogen) atoms. The Morgan fingerprint density at radius 2 is 1.59 bits per heavy atom. The van der Waals surface area contributed by atoms with Crippen molar-refractivity contribution in [2.24, 2.45) is 0 Å². The van der Waals surface area contributed by atoms with Crippen LogP contribution in [0.3, 0.4) is 0 Å². The van der Waals surface area contributed by atoms with Crippen molar-refractivity contribution >= 4 is 29.3 Å². The van der Waals surface area contributed by atoms with Gasteiger partial charge in [-0.2, -0.15) is 5.26 Å². The fourth-order valence-electron chi connectivity index (χ4n) is 3.86. The Morgan fingerprint density at radius 1 is 1.02 bits per heavy atom. The van der Waals surface area contributed by atoms with Crippen LogP contribution in [0.15, 0.2) is 24.3 Å². The first-order chi connectivity index (χ1) is 19.4. The number of anilines is 1. The number of carbonyl (C=O) groups is 2. The van der Waals surface area contributed by atoms with Crippen LogP contribution in [0, 0.1) is 11.3 Å². The van der Waals surface area contributed by atoms with Gasteiger partial charge in [0.2, 0.25) is 11.8 Å². The van der Waals surface area contributed by atoms with Gasteiger partial charge in [0.1, 0.15) is 5.25 Å². The van der Waals surface area contributed by atoms with Gasteiger partial charge >= 0.3 is 0 Å². The summed E-state index contributed by atoms with van der Waals surface area (Å²) < 4.78 is 0. The zero-order valence-corrected chi connectivity index (χ0v) is 28.3. The summed E-state index contributed by atoms with van der Waals surface area (Å²) in [5.74, 6) is 0.315. The summed E-state index contributed by atoms with van der Waals surface area (Å²) in [6.07, 6.45) is 3.72. The molecule has 10 heteroatoms. The number of nitrogens with zero attached hydrogens (tertiary/aromatic N) is 6. The molecule has 1 heterocycles. The van der Waals surface area contributed by atoms with E-state index >= 15 is 0 Å². The highest BCUT2D eigenvalue weighted by Crippen LogP contribution is 2.19. The van der Waals surface area contributed by atoms with Gasteiger partial charge in [-0.15, -0.1) is 11.8 Å². The molecule has 9 nitrogen and oxygen atoms in total. The molecule has 2 unspecified atom stereocenters. The number of piperazine rings is 1. The van der Waals surface area contributed by atoms with E-state index in [0.29, 0.717) is 6.42 Å². The van der Waals surface area contributed by atoms with Gasteiger partial charge in [-0.25, -0.2) is 0 Å². The van der Waals surface area contributed by atoms with E-state index in [9.17, 15) is 9.59 Å². The van der Waals surface area contributed by atoms with Crippen LogP contribution >= 0.6 is 11.8 Å². The van der Waals surface area contributed by atoms with Crippen molar-refractivity contribution in [1.82, 2.24) is 24.5 Å². The minimum absolute atomic E-state index is 0.0770. The maximum Gasteiger partial charge on any atom is 0.237 e. The molecule has 2 rings (SSSR count). The van der Waals surface area contributed by atoms with Crippen molar-refractivity contribution in [2.45, 2.75) is 51.8 Å². The zero-order valence-electron chi connectivity index (χ0n) is 27.4. The van der Waals surface area contributed by atoms with Gasteiger partial charge in [0.05, 0.1) is 6.07 Å². The summed E-state index contributed by atoms with van der Waals surface area (Å²) >= 11 is 1.61. The van der Waals surface area contributed by atoms with Gasteiger partial charge in [0.25, 0.3) is 0 Å². The standard InChI is InChI=1S/C21H36N4OS.C7H16N2O.C3H5N/c1-6-24(4)21(26)20(27-5)17(2)22-19-9-7-18(8-10-19)11-12-25-15-13-23(3)14-16-25;1-7(10)9(4)6-5-8(2)3;1-2-3-4/h7-10,17,20,22H,6,11-16H2,1-5H3;5-6H2,1-4H3;2H2,1H3. The SMILES string of the molecule is CC(=O)N(C)CCN(C)C.CCC#N.CCN(C)C(=O)C(SC)C(C)Nc1ccc(CCN2CCN(C)CC2)cc1. The lowest BCUT2D eigenvalue weighted by Crippen LogP contribution is -2.45. The van der Waals surface area contributed by atoms with Crippen molar-refractivity contribution in [3.63, 3.8) is 0 Å². The second-order valence-corrected chi connectivity index (χ2v) is 11.8. The van der Waals surface area contributed by atoms with E-state index in [0.717, 1.165) is 38.3 Å². The highest BCUT2D eigenvalue weighted by molar-refractivity contribution is 8.00. The van der Waals surface area contributed by atoms with Crippen LogP contribution < -0.4 is 5.32 Å². The number of nitrogens with one attached hydrogen (secondary N) is 1. The van der Waals surface area contributed by atoms with E-state index < -0.39 is 0 Å². The van der Waals surface area contributed by atoms with Gasteiger partial charge in [0.15, 0.2) is 0 Å². The Hall–Kier alpha value is -2.32. The van der Waals surface area contributed by atoms with Crippen LogP contribution in [0.2, 0.25) is 0 Å². The third-order valence-electron chi connectivity index (χ3n) is 7.04. The highest BCUT2D eigenvalue weighted by Gasteiger charge is 2.26. The first kappa shape index (κ1) is 38.7. The minimum Gasteiger partial charge on any atom is -0.381 e. The van der Waals surface area contributed by atoms with Gasteiger partial charge in [-0.1, -0.05) is 19.1 Å². The Bertz CT molecular complexity index is 883. The summed E-state index contributed by atoms with van der Waals surface area (Å²) in [5, 5.41) is 11.1. The number of rotatable bonds is 12. The number of hydrogen-bond donors (Lipinski definition) is 1. The topological polar surface area (TPSA) is 86.2 Å². The van der Waals surface area contributed by atoms with Crippen LogP contribution in [0.5, 0.6) is 0 Å². The summed E-state index contributed by atoms with van der Waals surface area (Å²) in [6, 6.07) is 10.7. The van der Waals surface area contributed by atoms with Crippen molar-refractivity contribution < 1.29 is 9.59 Å². The normalized spacial score (nSPS) is 14.9. The molecular formula is C31H57N7O2S. The Labute approximate surface area is 255 Å². The van der Waals surface area contributed by atoms with Crippen LogP contribution in [0.1, 0.15) is 39.7 Å². The number of benzene rings is 1. The van der Waals surface area contributed by atoms with Crippen molar-refractivity contribution in [2.75, 3.05) is 99.2 Å². The maximum absolute atomic E-state index is 12.5. The molecule has 1 aromatic carbocycles. The zero-order chi connectivity index (χ0) is 31.4. The number of thioether (sulfide) groups is 1. The lowest BCUT2D eigenvalue weighted by atomic mass is 10.1. The molecule has 0 aliphatic carbocycles. The first-order valence-electron chi connectivity index (χ1n) is 14.7. The van der Waals surface area contributed by atoms with Crippen LogP contribution in [0.4, 0.5) is 5.69 Å². The molecule has 2 amide bonds. The van der Waals surface area contributed by atoms with E-state index in [1.807, 2.05) is 54.4 Å². The molecule has 1 aliphatic heterocycles. The molecule has 234 valence electrons.